The highest BCUT2D eigenvalue weighted by Crippen LogP contribution is 2.05. The van der Waals surface area contributed by atoms with E-state index in [1.165, 1.54) is 5.06 Å². The van der Waals surface area contributed by atoms with Gasteiger partial charge in [0.1, 0.15) is 6.04 Å². The van der Waals surface area contributed by atoms with Crippen LogP contribution in [0.1, 0.15) is 6.42 Å². The van der Waals surface area contributed by atoms with Gasteiger partial charge in [0.25, 0.3) is 5.91 Å². The predicted octanol–water partition coefficient (Wildman–Crippen LogP) is -1.53. The molecule has 0 aromatic heterocycles. The highest BCUT2D eigenvalue weighted by atomic mass is 16.7. The second-order valence-electron chi connectivity index (χ2n) is 2.42. The molecule has 1 aliphatic rings. The lowest BCUT2D eigenvalue weighted by atomic mass is 10.3. The van der Waals surface area contributed by atoms with Crippen molar-refractivity contribution in [3.8, 4) is 0 Å². The first-order valence-corrected chi connectivity index (χ1v) is 3.56. The molecule has 1 unspecified atom stereocenters. The molecule has 0 spiro atoms. The minimum absolute atomic E-state index is 0.0579. The summed E-state index contributed by atoms with van der Waals surface area (Å²) < 4.78 is 0. The molecule has 0 aliphatic carbocycles. The SMILES string of the molecule is NC1CON(CCCO)C1=O. The average molecular weight is 160 g/mol. The van der Waals surface area contributed by atoms with Gasteiger partial charge in [0.15, 0.2) is 0 Å². The first-order chi connectivity index (χ1) is 5.25. The van der Waals surface area contributed by atoms with Gasteiger partial charge in [-0.05, 0) is 6.42 Å². The monoisotopic (exact) mass is 160 g/mol. The van der Waals surface area contributed by atoms with Crippen LogP contribution in [0.5, 0.6) is 0 Å². The van der Waals surface area contributed by atoms with E-state index in [1.807, 2.05) is 0 Å². The maximum Gasteiger partial charge on any atom is 0.265 e. The Morgan fingerprint density at radius 1 is 1.82 bits per heavy atom. The molecular weight excluding hydrogens is 148 g/mol. The van der Waals surface area contributed by atoms with Gasteiger partial charge in [-0.15, -0.1) is 0 Å². The summed E-state index contributed by atoms with van der Waals surface area (Å²) in [6.45, 7) is 0.732. The largest absolute Gasteiger partial charge is 0.396 e. The second-order valence-corrected chi connectivity index (χ2v) is 2.42. The van der Waals surface area contributed by atoms with Crippen LogP contribution in [-0.2, 0) is 9.63 Å². The second kappa shape index (κ2) is 3.66. The number of rotatable bonds is 3. The van der Waals surface area contributed by atoms with E-state index >= 15 is 0 Å². The molecule has 1 amide bonds. The Morgan fingerprint density at radius 3 is 3.00 bits per heavy atom. The molecule has 3 N–H and O–H groups in total. The molecular formula is C6H12N2O3. The minimum Gasteiger partial charge on any atom is -0.396 e. The van der Waals surface area contributed by atoms with E-state index in [2.05, 4.69) is 0 Å². The van der Waals surface area contributed by atoms with Crippen molar-refractivity contribution in [1.82, 2.24) is 5.06 Å². The molecule has 1 saturated heterocycles. The number of nitrogens with two attached hydrogens (primary N) is 1. The van der Waals surface area contributed by atoms with Crippen LogP contribution in [-0.4, -0.2) is 41.9 Å². The fourth-order valence-corrected chi connectivity index (χ4v) is 0.879. The zero-order chi connectivity index (χ0) is 8.27. The lowest BCUT2D eigenvalue weighted by Gasteiger charge is -2.12. The molecule has 0 aromatic rings. The van der Waals surface area contributed by atoms with E-state index in [9.17, 15) is 4.79 Å². The van der Waals surface area contributed by atoms with Crippen LogP contribution in [0, 0.1) is 0 Å². The Morgan fingerprint density at radius 2 is 2.55 bits per heavy atom. The van der Waals surface area contributed by atoms with Crippen LogP contribution in [0.4, 0.5) is 0 Å². The van der Waals surface area contributed by atoms with Gasteiger partial charge >= 0.3 is 0 Å². The van der Waals surface area contributed by atoms with Gasteiger partial charge in [0.05, 0.1) is 13.2 Å². The van der Waals surface area contributed by atoms with Crippen LogP contribution < -0.4 is 5.73 Å². The smallest absolute Gasteiger partial charge is 0.265 e. The summed E-state index contributed by atoms with van der Waals surface area (Å²) in [5.41, 5.74) is 5.36. The molecule has 5 heteroatoms. The lowest BCUT2D eigenvalue weighted by molar-refractivity contribution is -0.162. The summed E-state index contributed by atoms with van der Waals surface area (Å²) in [6, 6.07) is -0.520. The van der Waals surface area contributed by atoms with Gasteiger partial charge in [-0.25, -0.2) is 5.06 Å². The Labute approximate surface area is 64.7 Å². The van der Waals surface area contributed by atoms with Crippen LogP contribution >= 0.6 is 0 Å². The third kappa shape index (κ3) is 1.89. The van der Waals surface area contributed by atoms with E-state index in [0.717, 1.165) is 0 Å². The standard InChI is InChI=1S/C6H12N2O3/c7-5-4-11-8(6(5)10)2-1-3-9/h5,9H,1-4,7H2. The summed E-state index contributed by atoms with van der Waals surface area (Å²) in [5, 5.41) is 9.66. The van der Waals surface area contributed by atoms with Gasteiger partial charge in [-0.1, -0.05) is 0 Å². The molecule has 1 atom stereocenters. The normalized spacial score (nSPS) is 24.7. The zero-order valence-electron chi connectivity index (χ0n) is 6.19. The van der Waals surface area contributed by atoms with Gasteiger partial charge in [0, 0.05) is 6.61 Å². The van der Waals surface area contributed by atoms with E-state index in [-0.39, 0.29) is 19.1 Å². The Kier molecular flexibility index (Phi) is 2.81. The average Bonchev–Trinajstić information content (AvgIpc) is 2.31. The highest BCUT2D eigenvalue weighted by molar-refractivity contribution is 5.82. The summed E-state index contributed by atoms with van der Waals surface area (Å²) in [5.74, 6) is -0.196. The van der Waals surface area contributed by atoms with E-state index in [4.69, 9.17) is 15.7 Å². The number of hydrogen-bond acceptors (Lipinski definition) is 4. The van der Waals surface area contributed by atoms with Crippen molar-refractivity contribution in [2.24, 2.45) is 5.73 Å². The van der Waals surface area contributed by atoms with Crippen molar-refractivity contribution in [1.29, 1.82) is 0 Å². The van der Waals surface area contributed by atoms with Crippen molar-refractivity contribution >= 4 is 5.91 Å². The van der Waals surface area contributed by atoms with Crippen molar-refractivity contribution in [2.45, 2.75) is 12.5 Å². The number of aliphatic hydroxyl groups excluding tert-OH is 1. The van der Waals surface area contributed by atoms with Crippen molar-refractivity contribution in [3.63, 3.8) is 0 Å². The van der Waals surface area contributed by atoms with Gasteiger partial charge in [0.2, 0.25) is 0 Å². The number of hydroxylamine groups is 2. The third-order valence-electron chi connectivity index (χ3n) is 1.49. The highest BCUT2D eigenvalue weighted by Gasteiger charge is 2.29. The maximum atomic E-state index is 11.0. The van der Waals surface area contributed by atoms with Crippen LogP contribution in [0.3, 0.4) is 0 Å². The third-order valence-corrected chi connectivity index (χ3v) is 1.49. The summed E-state index contributed by atoms with van der Waals surface area (Å²) in [4.78, 5) is 15.9. The maximum absolute atomic E-state index is 11.0. The topological polar surface area (TPSA) is 75.8 Å². The first kappa shape index (κ1) is 8.45. The number of amides is 1. The molecule has 64 valence electrons. The number of carbonyl (C=O) groups excluding carboxylic acids is 1. The van der Waals surface area contributed by atoms with Crippen molar-refractivity contribution in [2.75, 3.05) is 19.8 Å². The molecule has 0 saturated carbocycles. The number of hydrogen-bond donors (Lipinski definition) is 2. The molecule has 1 heterocycles. The van der Waals surface area contributed by atoms with E-state index < -0.39 is 6.04 Å². The molecule has 1 fully saturated rings. The van der Waals surface area contributed by atoms with Crippen molar-refractivity contribution < 1.29 is 14.7 Å². The molecule has 1 rings (SSSR count). The molecule has 1 aliphatic heterocycles. The quantitative estimate of drug-likeness (QED) is 0.525. The minimum atomic E-state index is -0.520. The van der Waals surface area contributed by atoms with Crippen LogP contribution in [0.15, 0.2) is 0 Å². The van der Waals surface area contributed by atoms with Crippen molar-refractivity contribution in [3.05, 3.63) is 0 Å². The lowest BCUT2D eigenvalue weighted by Crippen LogP contribution is -2.35. The number of aliphatic hydroxyl groups is 1. The molecule has 0 radical (unpaired) electrons. The Bertz CT molecular complexity index is 151. The molecule has 5 nitrogen and oxygen atoms in total. The Balaban J connectivity index is 2.30. The molecule has 0 bridgehead atoms. The fraction of sp³-hybridized carbons (Fsp3) is 0.833. The summed E-state index contributed by atoms with van der Waals surface area (Å²) in [7, 11) is 0. The predicted molar refractivity (Wildman–Crippen MR) is 37.3 cm³/mol. The van der Waals surface area contributed by atoms with Crippen LogP contribution in [0.2, 0.25) is 0 Å². The summed E-state index contributed by atoms with van der Waals surface area (Å²) in [6.07, 6.45) is 0.526. The number of carbonyl (C=O) groups is 1. The molecule has 11 heavy (non-hydrogen) atoms. The van der Waals surface area contributed by atoms with Crippen LogP contribution in [0.25, 0.3) is 0 Å². The van der Waals surface area contributed by atoms with Gasteiger partial charge in [-0.2, -0.15) is 0 Å². The number of nitrogens with zero attached hydrogens (tertiary/aromatic N) is 1. The van der Waals surface area contributed by atoms with E-state index in [1.54, 1.807) is 0 Å². The Hall–Kier alpha value is -0.650. The van der Waals surface area contributed by atoms with Gasteiger partial charge in [-0.3, -0.25) is 9.63 Å². The fourth-order valence-electron chi connectivity index (χ4n) is 0.879. The summed E-state index contributed by atoms with van der Waals surface area (Å²) >= 11 is 0. The molecule has 0 aromatic carbocycles. The zero-order valence-corrected chi connectivity index (χ0v) is 6.19. The van der Waals surface area contributed by atoms with Gasteiger partial charge < -0.3 is 10.8 Å². The first-order valence-electron chi connectivity index (χ1n) is 3.56. The van der Waals surface area contributed by atoms with E-state index in [0.29, 0.717) is 13.0 Å².